The lowest BCUT2D eigenvalue weighted by atomic mass is 9.90. The van der Waals surface area contributed by atoms with Crippen LogP contribution in [0.3, 0.4) is 0 Å². The van der Waals surface area contributed by atoms with Crippen LogP contribution in [0, 0.1) is 5.92 Å². The van der Waals surface area contributed by atoms with Crippen LogP contribution in [-0.2, 0) is 0 Å². The van der Waals surface area contributed by atoms with Crippen LogP contribution in [0.5, 0.6) is 0 Å². The van der Waals surface area contributed by atoms with Gasteiger partial charge in [0, 0.05) is 0 Å². The Morgan fingerprint density at radius 2 is 1.62 bits per heavy atom. The first kappa shape index (κ1) is 12.7. The zero-order chi connectivity index (χ0) is 9.94. The van der Waals surface area contributed by atoms with Crippen molar-refractivity contribution in [3.63, 3.8) is 0 Å². The van der Waals surface area contributed by atoms with Crippen LogP contribution in [-0.4, -0.2) is 0 Å². The van der Waals surface area contributed by atoms with Gasteiger partial charge in [0.05, 0.1) is 0 Å². The molecule has 1 rings (SSSR count). The highest BCUT2D eigenvalue weighted by molar-refractivity contribution is 4.80. The second kappa shape index (κ2) is 9.83. The van der Waals surface area contributed by atoms with Crippen molar-refractivity contribution in [2.45, 2.75) is 65.2 Å². The van der Waals surface area contributed by atoms with E-state index in [2.05, 4.69) is 26.5 Å². The molecule has 78 valence electrons. The Morgan fingerprint density at radius 1 is 1.08 bits per heavy atom. The molecule has 0 N–H and O–H groups in total. The molecule has 0 aromatic rings. The molecule has 1 aliphatic carbocycles. The molecule has 13 heavy (non-hydrogen) atoms. The van der Waals surface area contributed by atoms with Gasteiger partial charge < -0.3 is 0 Å². The van der Waals surface area contributed by atoms with Crippen LogP contribution in [0.15, 0.2) is 12.7 Å². The van der Waals surface area contributed by atoms with Crippen LogP contribution >= 0.6 is 0 Å². The molecule has 0 saturated heterocycles. The first-order valence-electron chi connectivity index (χ1n) is 5.97. The number of hydrogen-bond donors (Lipinski definition) is 0. The van der Waals surface area contributed by atoms with E-state index >= 15 is 0 Å². The van der Waals surface area contributed by atoms with E-state index in [0.717, 1.165) is 5.92 Å². The normalized spacial score (nSPS) is 17.4. The molecule has 0 amide bonds. The predicted molar refractivity (Wildman–Crippen MR) is 62.0 cm³/mol. The zero-order valence-electron chi connectivity index (χ0n) is 9.52. The fourth-order valence-electron chi connectivity index (χ4n) is 1.72. The molecule has 0 bridgehead atoms. The maximum atomic E-state index is 3.78. The van der Waals surface area contributed by atoms with Crippen molar-refractivity contribution in [2.75, 3.05) is 0 Å². The standard InChI is InChI=1S/C8H14.C5H12/c1-2-8-6-4-3-5-7-8;1-3-5-4-2/h2,8H,1,3-7H2;3-5H2,1-2H3. The third-order valence-corrected chi connectivity index (χ3v) is 2.69. The van der Waals surface area contributed by atoms with Crippen LogP contribution in [0.1, 0.15) is 65.2 Å². The summed E-state index contributed by atoms with van der Waals surface area (Å²) in [6.45, 7) is 8.21. The zero-order valence-corrected chi connectivity index (χ0v) is 9.52. The molecule has 0 atom stereocenters. The van der Waals surface area contributed by atoms with Gasteiger partial charge in [-0.15, -0.1) is 6.58 Å². The van der Waals surface area contributed by atoms with Crippen LogP contribution in [0.25, 0.3) is 0 Å². The monoisotopic (exact) mass is 182 g/mol. The second-order valence-electron chi connectivity index (χ2n) is 3.99. The molecule has 0 heterocycles. The van der Waals surface area contributed by atoms with E-state index in [1.54, 1.807) is 0 Å². The SMILES string of the molecule is C=CC1CCCCC1.CCCCC. The average molecular weight is 182 g/mol. The third kappa shape index (κ3) is 8.08. The summed E-state index contributed by atoms with van der Waals surface area (Å²) in [5, 5.41) is 0. The van der Waals surface area contributed by atoms with Gasteiger partial charge in [0.2, 0.25) is 0 Å². The average Bonchev–Trinajstić information content (AvgIpc) is 2.21. The lowest BCUT2D eigenvalue weighted by Crippen LogP contribution is -2.01. The summed E-state index contributed by atoms with van der Waals surface area (Å²) in [4.78, 5) is 0. The molecular weight excluding hydrogens is 156 g/mol. The van der Waals surface area contributed by atoms with E-state index in [1.165, 1.54) is 51.4 Å². The Balaban J connectivity index is 0.000000252. The van der Waals surface area contributed by atoms with Gasteiger partial charge in [0.15, 0.2) is 0 Å². The summed E-state index contributed by atoms with van der Waals surface area (Å²) in [7, 11) is 0. The molecule has 1 saturated carbocycles. The van der Waals surface area contributed by atoms with Crippen LogP contribution < -0.4 is 0 Å². The van der Waals surface area contributed by atoms with Gasteiger partial charge in [-0.1, -0.05) is 58.4 Å². The molecule has 0 radical (unpaired) electrons. The van der Waals surface area contributed by atoms with Crippen molar-refractivity contribution in [2.24, 2.45) is 5.92 Å². The van der Waals surface area contributed by atoms with Crippen molar-refractivity contribution in [3.05, 3.63) is 12.7 Å². The molecule has 1 aliphatic rings. The highest BCUT2D eigenvalue weighted by atomic mass is 14.1. The van der Waals surface area contributed by atoms with E-state index in [-0.39, 0.29) is 0 Å². The summed E-state index contributed by atoms with van der Waals surface area (Å²) < 4.78 is 0. The van der Waals surface area contributed by atoms with Gasteiger partial charge in [-0.05, 0) is 18.8 Å². The molecule has 0 heteroatoms. The smallest absolute Gasteiger partial charge is 0.0236 e. The maximum Gasteiger partial charge on any atom is -0.0236 e. The summed E-state index contributed by atoms with van der Waals surface area (Å²) in [5.74, 6) is 0.851. The molecule has 0 aromatic carbocycles. The lowest BCUT2D eigenvalue weighted by Gasteiger charge is -2.16. The van der Waals surface area contributed by atoms with Crippen molar-refractivity contribution in [1.29, 1.82) is 0 Å². The van der Waals surface area contributed by atoms with Gasteiger partial charge in [-0.3, -0.25) is 0 Å². The molecule has 1 fully saturated rings. The minimum atomic E-state index is 0.851. The van der Waals surface area contributed by atoms with Crippen molar-refractivity contribution < 1.29 is 0 Å². The third-order valence-electron chi connectivity index (χ3n) is 2.69. The van der Waals surface area contributed by atoms with Crippen LogP contribution in [0.4, 0.5) is 0 Å². The minimum absolute atomic E-state index is 0.851. The number of hydrogen-bond acceptors (Lipinski definition) is 0. The highest BCUT2D eigenvalue weighted by Gasteiger charge is 2.07. The summed E-state index contributed by atoms with van der Waals surface area (Å²) in [6.07, 6.45) is 13.3. The van der Waals surface area contributed by atoms with Gasteiger partial charge in [-0.25, -0.2) is 0 Å². The van der Waals surface area contributed by atoms with Crippen molar-refractivity contribution in [1.82, 2.24) is 0 Å². The van der Waals surface area contributed by atoms with E-state index in [4.69, 9.17) is 0 Å². The minimum Gasteiger partial charge on any atom is -0.103 e. The molecular formula is C13H26. The lowest BCUT2D eigenvalue weighted by molar-refractivity contribution is 0.420. The largest absolute Gasteiger partial charge is 0.103 e. The van der Waals surface area contributed by atoms with Crippen molar-refractivity contribution >= 4 is 0 Å². The molecule has 0 aliphatic heterocycles. The van der Waals surface area contributed by atoms with Crippen molar-refractivity contribution in [3.8, 4) is 0 Å². The Bertz CT molecular complexity index is 96.6. The summed E-state index contributed by atoms with van der Waals surface area (Å²) >= 11 is 0. The molecule has 0 unspecified atom stereocenters. The second-order valence-corrected chi connectivity index (χ2v) is 3.99. The fourth-order valence-corrected chi connectivity index (χ4v) is 1.72. The summed E-state index contributed by atoms with van der Waals surface area (Å²) in [6, 6.07) is 0. The van der Waals surface area contributed by atoms with E-state index in [0.29, 0.717) is 0 Å². The van der Waals surface area contributed by atoms with Gasteiger partial charge in [-0.2, -0.15) is 0 Å². The fraction of sp³-hybridized carbons (Fsp3) is 0.846. The van der Waals surface area contributed by atoms with Gasteiger partial charge >= 0.3 is 0 Å². The van der Waals surface area contributed by atoms with Gasteiger partial charge in [0.1, 0.15) is 0 Å². The quantitative estimate of drug-likeness (QED) is 0.542. The van der Waals surface area contributed by atoms with Gasteiger partial charge in [0.25, 0.3) is 0 Å². The topological polar surface area (TPSA) is 0 Å². The van der Waals surface area contributed by atoms with E-state index in [9.17, 15) is 0 Å². The Kier molecular flexibility index (Phi) is 9.63. The number of allylic oxidation sites excluding steroid dienone is 1. The molecule has 0 nitrogen and oxygen atoms in total. The number of unbranched alkanes of at least 4 members (excludes halogenated alkanes) is 2. The first-order chi connectivity index (χ1) is 6.35. The molecule has 0 aromatic heterocycles. The summed E-state index contributed by atoms with van der Waals surface area (Å²) in [5.41, 5.74) is 0. The Morgan fingerprint density at radius 3 is 1.85 bits per heavy atom. The number of rotatable bonds is 3. The predicted octanol–water partition coefficient (Wildman–Crippen LogP) is 4.95. The Labute approximate surface area is 84.4 Å². The van der Waals surface area contributed by atoms with Crippen LogP contribution in [0.2, 0.25) is 0 Å². The first-order valence-corrected chi connectivity index (χ1v) is 5.97. The van der Waals surface area contributed by atoms with E-state index in [1.807, 2.05) is 0 Å². The van der Waals surface area contributed by atoms with E-state index < -0.39 is 0 Å². The maximum absolute atomic E-state index is 3.78. The molecule has 0 spiro atoms. The Hall–Kier alpha value is -0.260. The highest BCUT2D eigenvalue weighted by Crippen LogP contribution is 2.23.